The van der Waals surface area contributed by atoms with Gasteiger partial charge >= 0.3 is 17.1 Å². The second kappa shape index (κ2) is 17.1. The summed E-state index contributed by atoms with van der Waals surface area (Å²) in [5.74, 6) is 3.76. The molecule has 0 N–H and O–H groups in total. The van der Waals surface area contributed by atoms with Crippen LogP contribution in [0.2, 0.25) is 0 Å². The monoisotopic (exact) mass is 566 g/mol. The van der Waals surface area contributed by atoms with Crippen LogP contribution >= 0.6 is 15.8 Å². The Labute approximate surface area is 237 Å². The minimum atomic E-state index is 0. The molecule has 0 spiro atoms. The smallest absolute Gasteiger partial charge is 0.358 e. The van der Waals surface area contributed by atoms with Crippen LogP contribution in [0.4, 0.5) is 0 Å². The van der Waals surface area contributed by atoms with Crippen LogP contribution in [0.15, 0.2) is 0 Å². The molecular formula is C32H64FeP2. The molecule has 0 aromatic rings. The van der Waals surface area contributed by atoms with Crippen molar-refractivity contribution in [2.45, 2.75) is 166 Å². The van der Waals surface area contributed by atoms with Gasteiger partial charge in [-0.1, -0.05) is 96.9 Å². The fraction of sp³-hybridized carbons (Fsp3) is 0.938. The third-order valence-corrected chi connectivity index (χ3v) is 18.8. The first-order chi connectivity index (χ1) is 15.2. The Kier molecular flexibility index (Phi) is 17.8. The van der Waals surface area contributed by atoms with E-state index in [1.54, 1.807) is 51.4 Å². The van der Waals surface area contributed by atoms with Gasteiger partial charge < -0.3 is 14.9 Å². The molecule has 4 unspecified atom stereocenters. The second-order valence-electron chi connectivity index (χ2n) is 13.2. The largest absolute Gasteiger partial charge is 2.00 e. The Balaban J connectivity index is 0.000000608. The van der Waals surface area contributed by atoms with Crippen molar-refractivity contribution >= 4 is 15.8 Å². The summed E-state index contributed by atoms with van der Waals surface area (Å²) in [6, 6.07) is 0. The van der Waals surface area contributed by atoms with Crippen molar-refractivity contribution in [3.05, 3.63) is 14.9 Å². The van der Waals surface area contributed by atoms with Crippen LogP contribution in [0.5, 0.6) is 0 Å². The third kappa shape index (κ3) is 9.22. The quantitative estimate of drug-likeness (QED) is 0.170. The normalized spacial score (nSPS) is 33.6. The molecule has 6 atom stereocenters. The van der Waals surface area contributed by atoms with Gasteiger partial charge in [0.05, 0.1) is 0 Å². The molecule has 2 saturated carbocycles. The summed E-state index contributed by atoms with van der Waals surface area (Å²) < 4.78 is 0. The molecule has 35 heavy (non-hydrogen) atoms. The van der Waals surface area contributed by atoms with Gasteiger partial charge in [-0.05, 0) is 109 Å². The summed E-state index contributed by atoms with van der Waals surface area (Å²) in [4.78, 5) is 0. The van der Waals surface area contributed by atoms with E-state index in [2.05, 4.69) is 55.4 Å². The topological polar surface area (TPSA) is 0 Å². The first-order valence-electron chi connectivity index (χ1n) is 14.8. The van der Waals surface area contributed by atoms with E-state index in [1.807, 2.05) is 0 Å². The molecule has 4 fully saturated rings. The first kappa shape index (κ1) is 36.4. The fourth-order valence-electron chi connectivity index (χ4n) is 7.97. The summed E-state index contributed by atoms with van der Waals surface area (Å²) in [6.07, 6.45) is 18.6. The van der Waals surface area contributed by atoms with Crippen LogP contribution in [-0.2, 0) is 17.1 Å². The van der Waals surface area contributed by atoms with E-state index in [0.29, 0.717) is 15.8 Å². The molecule has 0 radical (unpaired) electrons. The fourth-order valence-corrected chi connectivity index (χ4v) is 17.6. The minimum Gasteiger partial charge on any atom is -0.358 e. The Morgan fingerprint density at radius 2 is 0.600 bits per heavy atom. The molecule has 4 aliphatic rings. The molecule has 0 bridgehead atoms. The van der Waals surface area contributed by atoms with E-state index in [4.69, 9.17) is 0 Å². The molecule has 2 aliphatic carbocycles. The van der Waals surface area contributed by atoms with E-state index in [1.165, 1.54) is 25.7 Å². The van der Waals surface area contributed by atoms with E-state index < -0.39 is 0 Å². The summed E-state index contributed by atoms with van der Waals surface area (Å²) in [6.45, 7) is 19.8. The van der Waals surface area contributed by atoms with E-state index in [9.17, 15) is 0 Å². The predicted octanol–water partition coefficient (Wildman–Crippen LogP) is 11.4. The average Bonchev–Trinajstić information content (AvgIpc) is 3.54. The molecule has 4 rings (SSSR count). The van der Waals surface area contributed by atoms with Crippen LogP contribution in [0.25, 0.3) is 0 Å². The zero-order valence-electron chi connectivity index (χ0n) is 25.5. The minimum absolute atomic E-state index is 0. The second-order valence-corrected chi connectivity index (χ2v) is 19.1. The van der Waals surface area contributed by atoms with Gasteiger partial charge in [0.1, 0.15) is 0 Å². The van der Waals surface area contributed by atoms with E-state index in [0.717, 1.165) is 57.6 Å². The zero-order valence-corrected chi connectivity index (χ0v) is 28.4. The molecule has 0 aromatic heterocycles. The molecule has 0 amide bonds. The SMILES string of the molecule is CC(C)C1CC[C@@H](C(C)C)P1C1CCCC1.CC(C)C1CC[C@@H](C(C)C)P1C1CCCC1.[CH3-].[CH3-].[Fe+2]. The van der Waals surface area contributed by atoms with E-state index >= 15 is 0 Å². The maximum atomic E-state index is 2.47. The predicted molar refractivity (Wildman–Crippen MR) is 164 cm³/mol. The van der Waals surface area contributed by atoms with Gasteiger partial charge in [-0.15, -0.1) is 0 Å². The summed E-state index contributed by atoms with van der Waals surface area (Å²) in [5, 5.41) is 0. The molecule has 2 heterocycles. The average molecular weight is 567 g/mol. The number of hydrogen-bond acceptors (Lipinski definition) is 0. The van der Waals surface area contributed by atoms with Gasteiger partial charge in [0.2, 0.25) is 0 Å². The molecule has 210 valence electrons. The molecule has 2 aliphatic heterocycles. The molecule has 0 nitrogen and oxygen atoms in total. The van der Waals surface area contributed by atoms with Crippen LogP contribution in [0, 0.1) is 38.5 Å². The van der Waals surface area contributed by atoms with Crippen LogP contribution in [-0.4, -0.2) is 34.0 Å². The van der Waals surface area contributed by atoms with Crippen LogP contribution in [0.1, 0.15) is 132 Å². The Hall–Kier alpha value is 1.38. The van der Waals surface area contributed by atoms with Crippen molar-refractivity contribution in [2.24, 2.45) is 23.7 Å². The molecular weight excluding hydrogens is 502 g/mol. The first-order valence-corrected chi connectivity index (χ1v) is 17.9. The maximum Gasteiger partial charge on any atom is 2.00 e. The van der Waals surface area contributed by atoms with Crippen LogP contribution in [0.3, 0.4) is 0 Å². The maximum absolute atomic E-state index is 2.47. The Morgan fingerprint density at radius 3 is 0.771 bits per heavy atom. The van der Waals surface area contributed by atoms with Crippen molar-refractivity contribution < 1.29 is 17.1 Å². The standard InChI is InChI=1S/2C15H29P.2CH3.Fe/c2*1-11(2)14-9-10-15(12(3)4)16(14)13-7-5-6-8-13;;;/h2*11-15H,5-10H2,1-4H3;2*1H3;/q;;2*-1;+2/t2*14-,15?,16?;;;/m00.../s1. The van der Waals surface area contributed by atoms with Gasteiger partial charge in [-0.2, -0.15) is 0 Å². The molecule has 2 saturated heterocycles. The van der Waals surface area contributed by atoms with Crippen LogP contribution < -0.4 is 0 Å². The van der Waals surface area contributed by atoms with Crippen molar-refractivity contribution in [1.29, 1.82) is 0 Å². The summed E-state index contributed by atoms with van der Waals surface area (Å²) in [5.41, 5.74) is 6.71. The van der Waals surface area contributed by atoms with Crippen molar-refractivity contribution in [2.75, 3.05) is 0 Å². The van der Waals surface area contributed by atoms with E-state index in [-0.39, 0.29) is 31.9 Å². The van der Waals surface area contributed by atoms with Gasteiger partial charge in [-0.3, -0.25) is 0 Å². The zero-order chi connectivity index (χ0) is 23.4. The van der Waals surface area contributed by atoms with Crippen molar-refractivity contribution in [3.63, 3.8) is 0 Å². The Bertz CT molecular complexity index is 454. The third-order valence-electron chi connectivity index (χ3n) is 9.62. The number of rotatable bonds is 6. The Morgan fingerprint density at radius 1 is 0.400 bits per heavy atom. The van der Waals surface area contributed by atoms with Gasteiger partial charge in [0.15, 0.2) is 0 Å². The molecule has 0 aromatic carbocycles. The summed E-state index contributed by atoms with van der Waals surface area (Å²) >= 11 is 0. The van der Waals surface area contributed by atoms with Gasteiger partial charge in [-0.25, -0.2) is 0 Å². The van der Waals surface area contributed by atoms with Gasteiger partial charge in [0.25, 0.3) is 0 Å². The summed E-state index contributed by atoms with van der Waals surface area (Å²) in [7, 11) is 0.696. The molecule has 3 heteroatoms. The van der Waals surface area contributed by atoms with Gasteiger partial charge in [0, 0.05) is 0 Å². The van der Waals surface area contributed by atoms with Crippen molar-refractivity contribution in [1.82, 2.24) is 0 Å². The number of hydrogen-bond donors (Lipinski definition) is 0. The van der Waals surface area contributed by atoms with Crippen molar-refractivity contribution in [3.8, 4) is 0 Å².